The van der Waals surface area contributed by atoms with Crippen LogP contribution in [0.1, 0.15) is 155 Å². The van der Waals surface area contributed by atoms with Crippen LogP contribution in [0, 0.1) is 0 Å². The number of hydrogen-bond acceptors (Lipinski definition) is 6. The van der Waals surface area contributed by atoms with E-state index in [2.05, 4.69) is 91.3 Å². The first-order valence-electron chi connectivity index (χ1n) is 19.9. The summed E-state index contributed by atoms with van der Waals surface area (Å²) in [5.41, 5.74) is 0. The van der Waals surface area contributed by atoms with E-state index in [4.69, 9.17) is 19.3 Å². The lowest BCUT2D eigenvalue weighted by Crippen LogP contribution is -2.29. The van der Waals surface area contributed by atoms with Gasteiger partial charge in [-0.15, -0.1) is 0 Å². The SMILES string of the molecule is CCCCC/C=C\C/C=C\C/C=C\C/C=C\CCCC(=O)OC[C@H](COP(=O)(O)O)OC(=O)CCC/C=C\C/C=C\C/C=C\CCCCCCCC. The van der Waals surface area contributed by atoms with Crippen LogP contribution in [0.15, 0.2) is 85.1 Å². The third-order valence-electron chi connectivity index (χ3n) is 7.89. The second-order valence-corrected chi connectivity index (χ2v) is 14.1. The zero-order chi connectivity index (χ0) is 38.2. The average Bonchev–Trinajstić information content (AvgIpc) is 3.11. The molecule has 0 spiro atoms. The van der Waals surface area contributed by atoms with E-state index in [9.17, 15) is 14.2 Å². The highest BCUT2D eigenvalue weighted by atomic mass is 31.2. The molecule has 0 bridgehead atoms. The van der Waals surface area contributed by atoms with Crippen LogP contribution in [0.4, 0.5) is 0 Å². The summed E-state index contributed by atoms with van der Waals surface area (Å²) >= 11 is 0. The monoisotopic (exact) mass is 746 g/mol. The molecular weight excluding hydrogens is 675 g/mol. The van der Waals surface area contributed by atoms with Gasteiger partial charge in [0.15, 0.2) is 6.10 Å². The van der Waals surface area contributed by atoms with E-state index in [1.165, 1.54) is 64.2 Å². The first kappa shape index (κ1) is 49.2. The zero-order valence-corrected chi connectivity index (χ0v) is 33.3. The zero-order valence-electron chi connectivity index (χ0n) is 32.4. The van der Waals surface area contributed by atoms with Gasteiger partial charge in [0.2, 0.25) is 0 Å². The van der Waals surface area contributed by atoms with Crippen LogP contribution >= 0.6 is 7.82 Å². The quantitative estimate of drug-likeness (QED) is 0.0285. The molecule has 0 amide bonds. The molecule has 0 saturated carbocycles. The van der Waals surface area contributed by atoms with Crippen LogP contribution < -0.4 is 0 Å². The number of allylic oxidation sites excluding steroid dienone is 14. The van der Waals surface area contributed by atoms with Gasteiger partial charge in [-0.25, -0.2) is 4.57 Å². The molecule has 0 aromatic rings. The summed E-state index contributed by atoms with van der Waals surface area (Å²) in [6.45, 7) is 3.54. The Labute approximate surface area is 316 Å². The Morgan fingerprint density at radius 3 is 1.33 bits per heavy atom. The Balaban J connectivity index is 4.16. The number of esters is 2. The van der Waals surface area contributed by atoms with Crippen LogP contribution in [0.3, 0.4) is 0 Å². The topological polar surface area (TPSA) is 119 Å². The van der Waals surface area contributed by atoms with Gasteiger partial charge in [0, 0.05) is 12.8 Å². The summed E-state index contributed by atoms with van der Waals surface area (Å²) in [4.78, 5) is 42.7. The van der Waals surface area contributed by atoms with E-state index in [0.29, 0.717) is 25.7 Å². The summed E-state index contributed by atoms with van der Waals surface area (Å²) in [5.74, 6) is -1.02. The van der Waals surface area contributed by atoms with Gasteiger partial charge in [0.1, 0.15) is 6.61 Å². The number of phosphoric acid groups is 1. The first-order valence-corrected chi connectivity index (χ1v) is 21.4. The maximum absolute atomic E-state index is 12.4. The Morgan fingerprint density at radius 2 is 0.865 bits per heavy atom. The number of carbonyl (C=O) groups is 2. The Bertz CT molecular complexity index is 1110. The van der Waals surface area contributed by atoms with E-state index in [0.717, 1.165) is 38.5 Å². The van der Waals surface area contributed by atoms with Crippen molar-refractivity contribution < 1.29 is 37.9 Å². The van der Waals surface area contributed by atoms with Crippen LogP contribution in [-0.4, -0.2) is 41.0 Å². The van der Waals surface area contributed by atoms with E-state index < -0.39 is 32.5 Å². The lowest BCUT2D eigenvalue weighted by molar-refractivity contribution is -0.161. The average molecular weight is 747 g/mol. The molecule has 0 radical (unpaired) electrons. The van der Waals surface area contributed by atoms with Gasteiger partial charge >= 0.3 is 19.8 Å². The summed E-state index contributed by atoms with van der Waals surface area (Å²) in [6.07, 6.45) is 50.3. The van der Waals surface area contributed by atoms with Crippen LogP contribution in [0.5, 0.6) is 0 Å². The predicted octanol–water partition coefficient (Wildman–Crippen LogP) is 12.1. The van der Waals surface area contributed by atoms with Gasteiger partial charge in [0.25, 0.3) is 0 Å². The summed E-state index contributed by atoms with van der Waals surface area (Å²) in [6, 6.07) is 0. The van der Waals surface area contributed by atoms with Gasteiger partial charge in [-0.2, -0.15) is 0 Å². The number of ether oxygens (including phenoxy) is 2. The van der Waals surface area contributed by atoms with Crippen molar-refractivity contribution in [1.29, 1.82) is 0 Å². The van der Waals surface area contributed by atoms with Crippen LogP contribution in [0.2, 0.25) is 0 Å². The van der Waals surface area contributed by atoms with E-state index in [1.54, 1.807) is 0 Å². The van der Waals surface area contributed by atoms with Gasteiger partial charge in [-0.3, -0.25) is 14.1 Å². The van der Waals surface area contributed by atoms with Crippen LogP contribution in [-0.2, 0) is 28.2 Å². The van der Waals surface area contributed by atoms with Crippen LogP contribution in [0.25, 0.3) is 0 Å². The largest absolute Gasteiger partial charge is 0.469 e. The minimum Gasteiger partial charge on any atom is -0.462 e. The molecule has 1 atom stereocenters. The third kappa shape index (κ3) is 40.0. The molecule has 0 aromatic heterocycles. The van der Waals surface area contributed by atoms with E-state index in [-0.39, 0.29) is 19.4 Å². The minimum absolute atomic E-state index is 0.124. The fourth-order valence-electron chi connectivity index (χ4n) is 4.91. The molecule has 0 unspecified atom stereocenters. The molecule has 296 valence electrons. The summed E-state index contributed by atoms with van der Waals surface area (Å²) < 4.78 is 26.2. The van der Waals surface area contributed by atoms with Gasteiger partial charge < -0.3 is 19.3 Å². The van der Waals surface area contributed by atoms with E-state index >= 15 is 0 Å². The number of phosphoric ester groups is 1. The summed E-state index contributed by atoms with van der Waals surface area (Å²) in [5, 5.41) is 0. The second-order valence-electron chi connectivity index (χ2n) is 12.9. The number of carbonyl (C=O) groups excluding carboxylic acids is 2. The molecule has 2 N–H and O–H groups in total. The first-order chi connectivity index (χ1) is 25.3. The number of rotatable bonds is 35. The normalized spacial score (nSPS) is 13.4. The smallest absolute Gasteiger partial charge is 0.462 e. The number of hydrogen-bond donors (Lipinski definition) is 2. The molecule has 0 aromatic carbocycles. The second kappa shape index (κ2) is 38.0. The molecule has 0 heterocycles. The van der Waals surface area contributed by atoms with Crippen molar-refractivity contribution in [2.24, 2.45) is 0 Å². The highest BCUT2D eigenvalue weighted by molar-refractivity contribution is 7.46. The molecule has 52 heavy (non-hydrogen) atoms. The minimum atomic E-state index is -4.78. The molecule has 0 aliphatic rings. The Hall–Kier alpha value is -2.77. The van der Waals surface area contributed by atoms with Crippen molar-refractivity contribution in [3.8, 4) is 0 Å². The third-order valence-corrected chi connectivity index (χ3v) is 8.37. The molecule has 8 nitrogen and oxygen atoms in total. The van der Waals surface area contributed by atoms with Gasteiger partial charge in [-0.05, 0) is 83.5 Å². The number of unbranched alkanes of at least 4 members (excludes halogenated alkanes) is 11. The fourth-order valence-corrected chi connectivity index (χ4v) is 5.27. The fraction of sp³-hybridized carbons (Fsp3) is 0.628. The predicted molar refractivity (Wildman–Crippen MR) is 216 cm³/mol. The molecule has 0 aliphatic heterocycles. The molecule has 0 aliphatic carbocycles. The lowest BCUT2D eigenvalue weighted by Gasteiger charge is -2.18. The lowest BCUT2D eigenvalue weighted by atomic mass is 10.1. The molecular formula is C43H71O8P. The standard InChI is InChI=1S/C43H71O8P/c1-3-5-7-9-11-13-15-17-19-21-23-25-27-29-31-33-35-37-42(44)49-39-41(40-50-52(46,47)48)51-43(45)38-36-34-32-30-28-26-24-22-20-18-16-14-12-10-8-6-4-2/h11,13,17-20,23-26,29-32,41H,3-10,12,14-16,21-22,27-28,33-40H2,1-2H3,(H2,46,47,48)/b13-11-,19-17-,20-18-,25-23-,26-24-,31-29-,32-30-/t41-/m1/s1. The van der Waals surface area contributed by atoms with Crippen molar-refractivity contribution in [3.05, 3.63) is 85.1 Å². The molecule has 9 heteroatoms. The maximum Gasteiger partial charge on any atom is 0.469 e. The van der Waals surface area contributed by atoms with Crippen molar-refractivity contribution in [1.82, 2.24) is 0 Å². The van der Waals surface area contributed by atoms with Gasteiger partial charge in [0.05, 0.1) is 6.61 Å². The molecule has 0 saturated heterocycles. The van der Waals surface area contributed by atoms with Crippen molar-refractivity contribution in [3.63, 3.8) is 0 Å². The maximum atomic E-state index is 12.4. The molecule has 0 rings (SSSR count). The highest BCUT2D eigenvalue weighted by Gasteiger charge is 2.22. The van der Waals surface area contributed by atoms with Crippen molar-refractivity contribution in [2.75, 3.05) is 13.2 Å². The Kier molecular flexibility index (Phi) is 35.9. The van der Waals surface area contributed by atoms with Crippen molar-refractivity contribution in [2.45, 2.75) is 161 Å². The summed E-state index contributed by atoms with van der Waals surface area (Å²) in [7, 11) is -4.78. The van der Waals surface area contributed by atoms with Gasteiger partial charge in [-0.1, -0.05) is 144 Å². The Morgan fingerprint density at radius 1 is 0.500 bits per heavy atom. The van der Waals surface area contributed by atoms with E-state index in [1.807, 2.05) is 12.2 Å². The highest BCUT2D eigenvalue weighted by Crippen LogP contribution is 2.35. The van der Waals surface area contributed by atoms with Crippen molar-refractivity contribution >= 4 is 19.8 Å². The molecule has 0 fully saturated rings.